The first-order chi connectivity index (χ1) is 12.7. The summed E-state index contributed by atoms with van der Waals surface area (Å²) in [4.78, 5) is 14.1. The van der Waals surface area contributed by atoms with Gasteiger partial charge < -0.3 is 10.2 Å². The molecular weight excluding hydrogens is 326 g/mol. The van der Waals surface area contributed by atoms with E-state index in [0.717, 1.165) is 11.3 Å². The molecule has 0 atom stereocenters. The van der Waals surface area contributed by atoms with Crippen molar-refractivity contribution in [2.24, 2.45) is 0 Å². The van der Waals surface area contributed by atoms with Gasteiger partial charge in [0.25, 0.3) is 5.91 Å². The topological polar surface area (TPSA) is 81.9 Å². The molecule has 1 N–H and O–H groups in total. The molecule has 2 aromatic carbocycles. The lowest BCUT2D eigenvalue weighted by molar-refractivity contribution is 0.0778. The van der Waals surface area contributed by atoms with Crippen molar-refractivity contribution in [2.75, 3.05) is 12.4 Å². The Morgan fingerprint density at radius 3 is 2.38 bits per heavy atom. The number of carbonyl (C=O) groups excluding carboxylic acids is 1. The maximum absolute atomic E-state index is 12.5. The standard InChI is InChI=1S/C20H17N5O/c1-25(14-16-5-3-2-4-6-16)20(26)18-11-12-19(24-23-18)22-17-9-7-15(13-21)8-10-17/h2-12H,14H2,1H3,(H,22,24). The summed E-state index contributed by atoms with van der Waals surface area (Å²) in [5.74, 6) is 0.336. The Morgan fingerprint density at radius 1 is 1.04 bits per heavy atom. The summed E-state index contributed by atoms with van der Waals surface area (Å²) in [6, 6.07) is 22.2. The largest absolute Gasteiger partial charge is 0.339 e. The molecule has 0 saturated heterocycles. The van der Waals surface area contributed by atoms with Crippen LogP contribution in [0, 0.1) is 11.3 Å². The van der Waals surface area contributed by atoms with Crippen LogP contribution in [0.1, 0.15) is 21.6 Å². The second-order valence-electron chi connectivity index (χ2n) is 5.76. The molecule has 0 radical (unpaired) electrons. The smallest absolute Gasteiger partial charge is 0.274 e. The molecule has 0 bridgehead atoms. The van der Waals surface area contributed by atoms with Gasteiger partial charge in [0, 0.05) is 19.3 Å². The van der Waals surface area contributed by atoms with E-state index in [1.807, 2.05) is 30.3 Å². The van der Waals surface area contributed by atoms with Crippen molar-refractivity contribution < 1.29 is 4.79 Å². The van der Waals surface area contributed by atoms with Crippen molar-refractivity contribution in [2.45, 2.75) is 6.54 Å². The lowest BCUT2D eigenvalue weighted by Gasteiger charge is -2.16. The van der Waals surface area contributed by atoms with E-state index in [9.17, 15) is 4.79 Å². The second-order valence-corrected chi connectivity index (χ2v) is 5.76. The average Bonchev–Trinajstić information content (AvgIpc) is 2.69. The van der Waals surface area contributed by atoms with Crippen LogP contribution in [0.4, 0.5) is 11.5 Å². The Hall–Kier alpha value is -3.72. The number of aromatic nitrogens is 2. The van der Waals surface area contributed by atoms with Crippen LogP contribution < -0.4 is 5.32 Å². The molecule has 1 heterocycles. The van der Waals surface area contributed by atoms with Crippen LogP contribution in [0.5, 0.6) is 0 Å². The van der Waals surface area contributed by atoms with Crippen LogP contribution in [0.25, 0.3) is 0 Å². The molecule has 3 rings (SSSR count). The fourth-order valence-electron chi connectivity index (χ4n) is 2.41. The van der Waals surface area contributed by atoms with Gasteiger partial charge in [-0.15, -0.1) is 10.2 Å². The number of amides is 1. The van der Waals surface area contributed by atoms with Gasteiger partial charge >= 0.3 is 0 Å². The number of nitrogens with zero attached hydrogens (tertiary/aromatic N) is 4. The predicted molar refractivity (Wildman–Crippen MR) is 98.7 cm³/mol. The van der Waals surface area contributed by atoms with Gasteiger partial charge in [-0.25, -0.2) is 0 Å². The fraction of sp³-hybridized carbons (Fsp3) is 0.100. The summed E-state index contributed by atoms with van der Waals surface area (Å²) in [7, 11) is 1.74. The van der Waals surface area contributed by atoms with Crippen LogP contribution in [0.3, 0.4) is 0 Å². The minimum atomic E-state index is -0.189. The molecule has 1 amide bonds. The number of carbonyl (C=O) groups is 1. The van der Waals surface area contributed by atoms with Crippen molar-refractivity contribution >= 4 is 17.4 Å². The first-order valence-corrected chi connectivity index (χ1v) is 8.06. The highest BCUT2D eigenvalue weighted by Gasteiger charge is 2.14. The highest BCUT2D eigenvalue weighted by Crippen LogP contribution is 2.15. The molecule has 3 aromatic rings. The van der Waals surface area contributed by atoms with Crippen molar-refractivity contribution in [1.82, 2.24) is 15.1 Å². The Balaban J connectivity index is 1.64. The van der Waals surface area contributed by atoms with E-state index in [-0.39, 0.29) is 11.6 Å². The molecule has 0 aliphatic carbocycles. The predicted octanol–water partition coefficient (Wildman–Crippen LogP) is 3.36. The van der Waals surface area contributed by atoms with E-state index in [2.05, 4.69) is 21.6 Å². The van der Waals surface area contributed by atoms with Gasteiger partial charge in [0.15, 0.2) is 11.5 Å². The summed E-state index contributed by atoms with van der Waals surface area (Å²) in [5, 5.41) is 20.0. The van der Waals surface area contributed by atoms with Crippen LogP contribution in [0.2, 0.25) is 0 Å². The van der Waals surface area contributed by atoms with E-state index in [4.69, 9.17) is 5.26 Å². The normalized spacial score (nSPS) is 10.0. The van der Waals surface area contributed by atoms with Gasteiger partial charge in [0.1, 0.15) is 0 Å². The number of anilines is 2. The number of hydrogen-bond donors (Lipinski definition) is 1. The Labute approximate surface area is 151 Å². The third kappa shape index (κ3) is 4.22. The van der Waals surface area contributed by atoms with Gasteiger partial charge in [0.2, 0.25) is 0 Å². The fourth-order valence-corrected chi connectivity index (χ4v) is 2.41. The Bertz CT molecular complexity index is 915. The monoisotopic (exact) mass is 343 g/mol. The number of rotatable bonds is 5. The van der Waals surface area contributed by atoms with E-state index in [1.54, 1.807) is 48.3 Å². The summed E-state index contributed by atoms with van der Waals surface area (Å²) in [6.45, 7) is 0.507. The molecule has 0 saturated carbocycles. The summed E-state index contributed by atoms with van der Waals surface area (Å²) in [5.41, 5.74) is 2.71. The summed E-state index contributed by atoms with van der Waals surface area (Å²) in [6.07, 6.45) is 0. The lowest BCUT2D eigenvalue weighted by Crippen LogP contribution is -2.27. The van der Waals surface area contributed by atoms with E-state index in [1.165, 1.54) is 0 Å². The van der Waals surface area contributed by atoms with Crippen LogP contribution in [-0.2, 0) is 6.54 Å². The first kappa shape index (κ1) is 17.1. The van der Waals surface area contributed by atoms with E-state index in [0.29, 0.717) is 17.9 Å². The summed E-state index contributed by atoms with van der Waals surface area (Å²) < 4.78 is 0. The molecule has 26 heavy (non-hydrogen) atoms. The van der Waals surface area contributed by atoms with Crippen molar-refractivity contribution in [3.05, 3.63) is 83.6 Å². The lowest BCUT2D eigenvalue weighted by atomic mass is 10.2. The zero-order chi connectivity index (χ0) is 18.4. The maximum atomic E-state index is 12.5. The van der Waals surface area contributed by atoms with Crippen molar-refractivity contribution in [1.29, 1.82) is 5.26 Å². The zero-order valence-electron chi connectivity index (χ0n) is 14.3. The van der Waals surface area contributed by atoms with Crippen molar-refractivity contribution in [3.8, 4) is 6.07 Å². The number of nitrogens with one attached hydrogen (secondary N) is 1. The molecule has 128 valence electrons. The first-order valence-electron chi connectivity index (χ1n) is 8.06. The molecule has 6 heteroatoms. The molecule has 0 unspecified atom stereocenters. The molecule has 1 aromatic heterocycles. The Morgan fingerprint density at radius 2 is 1.77 bits per heavy atom. The van der Waals surface area contributed by atoms with Gasteiger partial charge in [0.05, 0.1) is 11.6 Å². The maximum Gasteiger partial charge on any atom is 0.274 e. The third-order valence-electron chi connectivity index (χ3n) is 3.78. The minimum Gasteiger partial charge on any atom is -0.339 e. The molecule has 0 spiro atoms. The highest BCUT2D eigenvalue weighted by molar-refractivity contribution is 5.92. The zero-order valence-corrected chi connectivity index (χ0v) is 14.3. The SMILES string of the molecule is CN(Cc1ccccc1)C(=O)c1ccc(Nc2ccc(C#N)cc2)nn1. The minimum absolute atomic E-state index is 0.189. The molecular formula is C20H17N5O. The number of nitriles is 1. The third-order valence-corrected chi connectivity index (χ3v) is 3.78. The highest BCUT2D eigenvalue weighted by atomic mass is 16.2. The van der Waals surface area contributed by atoms with Gasteiger partial charge in [-0.3, -0.25) is 4.79 Å². The number of benzene rings is 2. The second kappa shape index (κ2) is 7.90. The van der Waals surface area contributed by atoms with Gasteiger partial charge in [-0.1, -0.05) is 30.3 Å². The van der Waals surface area contributed by atoms with Crippen LogP contribution >= 0.6 is 0 Å². The van der Waals surface area contributed by atoms with Crippen LogP contribution in [-0.4, -0.2) is 28.1 Å². The average molecular weight is 343 g/mol. The Kier molecular flexibility index (Phi) is 5.20. The van der Waals surface area contributed by atoms with Crippen LogP contribution in [0.15, 0.2) is 66.7 Å². The van der Waals surface area contributed by atoms with Gasteiger partial charge in [-0.05, 0) is 42.0 Å². The van der Waals surface area contributed by atoms with Crippen molar-refractivity contribution in [3.63, 3.8) is 0 Å². The molecule has 0 aliphatic rings. The molecule has 6 nitrogen and oxygen atoms in total. The van der Waals surface area contributed by atoms with E-state index < -0.39 is 0 Å². The molecule has 0 aliphatic heterocycles. The summed E-state index contributed by atoms with van der Waals surface area (Å²) >= 11 is 0. The number of hydrogen-bond acceptors (Lipinski definition) is 5. The van der Waals surface area contributed by atoms with E-state index >= 15 is 0 Å². The molecule has 0 fully saturated rings. The quantitative estimate of drug-likeness (QED) is 0.768. The van der Waals surface area contributed by atoms with Gasteiger partial charge in [-0.2, -0.15) is 5.26 Å².